The van der Waals surface area contributed by atoms with Gasteiger partial charge in [0.25, 0.3) is 0 Å². The molecule has 0 fully saturated rings. The predicted molar refractivity (Wildman–Crippen MR) is 207 cm³/mol. The molecule has 2 heterocycles. The van der Waals surface area contributed by atoms with Crippen LogP contribution in [0.25, 0.3) is 77.9 Å². The summed E-state index contributed by atoms with van der Waals surface area (Å²) in [4.78, 5) is 4.17. The summed E-state index contributed by atoms with van der Waals surface area (Å²) >= 11 is 0. The van der Waals surface area contributed by atoms with Crippen LogP contribution >= 0.6 is 0 Å². The van der Waals surface area contributed by atoms with Gasteiger partial charge in [0, 0.05) is 23.5 Å². The van der Waals surface area contributed by atoms with Gasteiger partial charge in [0.1, 0.15) is 0 Å². The van der Waals surface area contributed by atoms with Gasteiger partial charge in [0.2, 0.25) is 0 Å². The summed E-state index contributed by atoms with van der Waals surface area (Å²) in [5.74, 6) is 0. The zero-order valence-corrected chi connectivity index (χ0v) is 27.1. The monoisotopic (exact) mass is 626 g/mol. The molecule has 8 aromatic rings. The molecule has 2 aromatic heterocycles. The lowest BCUT2D eigenvalue weighted by Gasteiger charge is -2.14. The normalized spacial score (nSPS) is 12.6. The van der Waals surface area contributed by atoms with Gasteiger partial charge in [-0.2, -0.15) is 0 Å². The summed E-state index contributed by atoms with van der Waals surface area (Å²) in [5, 5.41) is 3.85. The first-order valence-corrected chi connectivity index (χ1v) is 17.0. The number of aromatic nitrogens is 2. The Labute approximate surface area is 287 Å². The van der Waals surface area contributed by atoms with Gasteiger partial charge < -0.3 is 4.57 Å². The topological polar surface area (TPSA) is 17.8 Å². The van der Waals surface area contributed by atoms with Crippen molar-refractivity contribution in [1.29, 1.82) is 0 Å². The molecule has 0 spiro atoms. The van der Waals surface area contributed by atoms with Gasteiger partial charge in [-0.05, 0) is 116 Å². The lowest BCUT2D eigenvalue weighted by molar-refractivity contribution is 0.984. The molecule has 1 aliphatic rings. The first-order valence-electron chi connectivity index (χ1n) is 17.0. The van der Waals surface area contributed by atoms with Crippen LogP contribution in [0.15, 0.2) is 176 Å². The quantitative estimate of drug-likeness (QED) is 0.186. The highest BCUT2D eigenvalue weighted by atomic mass is 15.0. The van der Waals surface area contributed by atoms with Crippen LogP contribution < -0.4 is 0 Å². The highest BCUT2D eigenvalue weighted by molar-refractivity contribution is 6.06. The Morgan fingerprint density at radius 3 is 1.82 bits per heavy atom. The van der Waals surface area contributed by atoms with E-state index >= 15 is 0 Å². The van der Waals surface area contributed by atoms with Crippen LogP contribution in [0.1, 0.15) is 17.7 Å². The Balaban J connectivity index is 1.10. The fraction of sp³-hybridized carbons (Fsp3) is 0.0426. The minimum Gasteiger partial charge on any atom is -0.310 e. The van der Waals surface area contributed by atoms with Crippen molar-refractivity contribution in [2.75, 3.05) is 0 Å². The van der Waals surface area contributed by atoms with Crippen molar-refractivity contribution in [3.8, 4) is 50.2 Å². The van der Waals surface area contributed by atoms with Crippen molar-refractivity contribution in [1.82, 2.24) is 9.55 Å². The van der Waals surface area contributed by atoms with Gasteiger partial charge in [-0.1, -0.05) is 127 Å². The van der Waals surface area contributed by atoms with Gasteiger partial charge in [-0.3, -0.25) is 4.98 Å². The molecule has 0 atom stereocenters. The van der Waals surface area contributed by atoms with E-state index in [1.165, 1.54) is 83.1 Å². The number of hydrogen-bond donors (Lipinski definition) is 0. The van der Waals surface area contributed by atoms with Crippen molar-refractivity contribution in [2.24, 2.45) is 0 Å². The average molecular weight is 627 g/mol. The molecule has 0 saturated carbocycles. The number of para-hydroxylation sites is 1. The summed E-state index contributed by atoms with van der Waals surface area (Å²) < 4.78 is 2.41. The van der Waals surface area contributed by atoms with Crippen molar-refractivity contribution in [2.45, 2.75) is 12.8 Å². The molecule has 0 amide bonds. The average Bonchev–Trinajstić information content (AvgIpc) is 3.46. The molecule has 0 unspecified atom stereocenters. The fourth-order valence-corrected chi connectivity index (χ4v) is 7.45. The first-order chi connectivity index (χ1) is 24.3. The van der Waals surface area contributed by atoms with E-state index < -0.39 is 0 Å². The molecule has 0 N–H and O–H groups in total. The Hall–Kier alpha value is -6.25. The van der Waals surface area contributed by atoms with Crippen LogP contribution in [0, 0.1) is 0 Å². The minimum absolute atomic E-state index is 1.02. The minimum atomic E-state index is 1.02. The van der Waals surface area contributed by atoms with E-state index in [2.05, 4.69) is 179 Å². The summed E-state index contributed by atoms with van der Waals surface area (Å²) in [6.45, 7) is 0. The molecule has 2 heteroatoms. The third-order valence-corrected chi connectivity index (χ3v) is 9.83. The van der Waals surface area contributed by atoms with E-state index in [4.69, 9.17) is 0 Å². The van der Waals surface area contributed by atoms with Crippen molar-refractivity contribution in [3.63, 3.8) is 0 Å². The first kappa shape index (κ1) is 28.9. The van der Waals surface area contributed by atoms with Crippen molar-refractivity contribution < 1.29 is 0 Å². The zero-order chi connectivity index (χ0) is 32.6. The van der Waals surface area contributed by atoms with E-state index in [1.54, 1.807) is 0 Å². The summed E-state index contributed by atoms with van der Waals surface area (Å²) in [7, 11) is 0. The number of benzene rings is 6. The predicted octanol–water partition coefficient (Wildman–Crippen LogP) is 12.4. The van der Waals surface area contributed by atoms with Crippen molar-refractivity contribution >= 4 is 27.8 Å². The fourth-order valence-electron chi connectivity index (χ4n) is 7.45. The molecule has 232 valence electrons. The molecule has 1 aliphatic carbocycles. The smallest absolute Gasteiger partial charge is 0.0538 e. The van der Waals surface area contributed by atoms with Crippen LogP contribution in [0.5, 0.6) is 0 Å². The number of nitrogens with zero attached hydrogens (tertiary/aromatic N) is 2. The maximum atomic E-state index is 4.17. The Morgan fingerprint density at radius 1 is 0.510 bits per heavy atom. The van der Waals surface area contributed by atoms with Gasteiger partial charge in [-0.15, -0.1) is 0 Å². The van der Waals surface area contributed by atoms with Gasteiger partial charge >= 0.3 is 0 Å². The third kappa shape index (κ3) is 5.28. The molecule has 9 rings (SSSR count). The molecule has 2 nitrogen and oxygen atoms in total. The number of rotatable bonds is 5. The molecular formula is C47H34N2. The summed E-state index contributed by atoms with van der Waals surface area (Å²) in [6, 6.07) is 53.1. The highest BCUT2D eigenvalue weighted by Gasteiger charge is 2.18. The van der Waals surface area contributed by atoms with Gasteiger partial charge in [0.15, 0.2) is 0 Å². The number of fused-ring (bicyclic) bond motifs is 4. The second kappa shape index (κ2) is 12.4. The van der Waals surface area contributed by atoms with E-state index in [1.807, 2.05) is 12.4 Å². The second-order valence-electron chi connectivity index (χ2n) is 12.7. The molecule has 0 saturated heterocycles. The van der Waals surface area contributed by atoms with Crippen LogP contribution in [0.2, 0.25) is 0 Å². The largest absolute Gasteiger partial charge is 0.310 e. The Bertz CT molecular complexity index is 2490. The maximum absolute atomic E-state index is 4.17. The van der Waals surface area contributed by atoms with Gasteiger partial charge in [-0.25, -0.2) is 0 Å². The Kier molecular flexibility index (Phi) is 7.33. The Morgan fingerprint density at radius 2 is 1.12 bits per heavy atom. The van der Waals surface area contributed by atoms with E-state index in [-0.39, 0.29) is 0 Å². The molecular weight excluding hydrogens is 593 g/mol. The number of pyridine rings is 1. The highest BCUT2D eigenvalue weighted by Crippen LogP contribution is 2.39. The molecule has 0 radical (unpaired) electrons. The lowest BCUT2D eigenvalue weighted by atomic mass is 9.90. The number of hydrogen-bond acceptors (Lipinski definition) is 1. The van der Waals surface area contributed by atoms with Crippen LogP contribution in [0.3, 0.4) is 0 Å². The van der Waals surface area contributed by atoms with Gasteiger partial charge in [0.05, 0.1) is 11.2 Å². The molecule has 0 aliphatic heterocycles. The van der Waals surface area contributed by atoms with E-state index in [0.29, 0.717) is 0 Å². The summed E-state index contributed by atoms with van der Waals surface area (Å²) in [5.41, 5.74) is 14.9. The maximum Gasteiger partial charge on any atom is 0.0538 e. The van der Waals surface area contributed by atoms with Crippen molar-refractivity contribution in [3.05, 3.63) is 187 Å². The SMILES string of the molecule is C1=CCCc2c(n(-c3ccccc3)c3ccc(-c4ccc(-c5cccc6cccc(-c7ccc(-c8ccncc8)cc7)c56)cc4)cc23)C=C1. The van der Waals surface area contributed by atoms with Crippen LogP contribution in [-0.4, -0.2) is 9.55 Å². The number of aryl methyl sites for hydroxylation is 1. The lowest BCUT2D eigenvalue weighted by Crippen LogP contribution is -1.98. The van der Waals surface area contributed by atoms with E-state index in [0.717, 1.165) is 12.8 Å². The molecule has 0 bridgehead atoms. The van der Waals surface area contributed by atoms with Crippen LogP contribution in [0.4, 0.5) is 0 Å². The number of allylic oxidation sites excluding steroid dienone is 3. The second-order valence-corrected chi connectivity index (χ2v) is 12.7. The summed E-state index contributed by atoms with van der Waals surface area (Å²) in [6.07, 6.45) is 14.6. The van der Waals surface area contributed by atoms with E-state index in [9.17, 15) is 0 Å². The molecule has 6 aromatic carbocycles. The zero-order valence-electron chi connectivity index (χ0n) is 27.1. The standard InChI is InChI=1S/C47H34N2/c1-2-7-17-45-43(14-6-1)44-32-39(26-27-46(44)49(45)40-12-4-3-5-13-40)34-20-24-37(25-21-34)42-16-9-11-38-10-8-15-41(47(38)42)36-22-18-33(19-23-36)35-28-30-48-31-29-35/h1-5,7-13,15-32H,6,14H2. The molecule has 49 heavy (non-hydrogen) atoms. The van der Waals surface area contributed by atoms with Crippen LogP contribution in [-0.2, 0) is 6.42 Å². The third-order valence-electron chi connectivity index (χ3n) is 9.83.